The summed E-state index contributed by atoms with van der Waals surface area (Å²) in [4.78, 5) is 29.6. The van der Waals surface area contributed by atoms with Crippen LogP contribution in [0.3, 0.4) is 0 Å². The molecule has 2 aliphatic rings. The average molecular weight is 523 g/mol. The first kappa shape index (κ1) is 27.7. The molecule has 1 N–H and O–H groups in total. The molecule has 0 aliphatic carbocycles. The molecule has 1 amide bonds. The Morgan fingerprint density at radius 3 is 2.29 bits per heavy atom. The van der Waals surface area contributed by atoms with Gasteiger partial charge >= 0.3 is 0 Å². The second-order valence-corrected chi connectivity index (χ2v) is 10.9. The topological polar surface area (TPSA) is 92.6 Å². The number of nitrogens with one attached hydrogen (secondary N) is 1. The van der Waals surface area contributed by atoms with Gasteiger partial charge in [-0.3, -0.25) is 9.59 Å². The molecule has 1 atom stereocenters. The molecular weight excluding hydrogens is 484 g/mol. The van der Waals surface area contributed by atoms with Gasteiger partial charge in [-0.1, -0.05) is 56.9 Å². The molecule has 8 heteroatoms. The fraction of sp³-hybridized carbons (Fsp3) is 0.467. The molecule has 2 aromatic rings. The molecule has 8 nitrogen and oxygen atoms in total. The van der Waals surface area contributed by atoms with Gasteiger partial charge in [-0.2, -0.15) is 0 Å². The van der Waals surface area contributed by atoms with Gasteiger partial charge in [0.05, 0.1) is 40.0 Å². The van der Waals surface area contributed by atoms with Crippen molar-refractivity contribution in [2.75, 3.05) is 53.6 Å². The third-order valence-corrected chi connectivity index (χ3v) is 7.40. The summed E-state index contributed by atoms with van der Waals surface area (Å²) in [7, 11) is 3.00. The van der Waals surface area contributed by atoms with E-state index in [9.17, 15) is 14.7 Å². The number of ether oxygens (including phenoxy) is 3. The first-order chi connectivity index (χ1) is 18.2. The third-order valence-electron chi connectivity index (χ3n) is 7.40. The summed E-state index contributed by atoms with van der Waals surface area (Å²) in [6.07, 6.45) is 0.725. The van der Waals surface area contributed by atoms with Gasteiger partial charge in [0.1, 0.15) is 13.1 Å². The quantitative estimate of drug-likeness (QED) is 0.321. The Labute approximate surface area is 224 Å². The fourth-order valence-electron chi connectivity index (χ4n) is 5.16. The summed E-state index contributed by atoms with van der Waals surface area (Å²) in [5, 5.41) is 13.8. The van der Waals surface area contributed by atoms with E-state index in [4.69, 9.17) is 14.2 Å². The molecule has 0 aromatic heterocycles. The monoisotopic (exact) mass is 522 g/mol. The van der Waals surface area contributed by atoms with Gasteiger partial charge < -0.3 is 29.1 Å². The number of quaternary nitrogens is 1. The van der Waals surface area contributed by atoms with Crippen LogP contribution in [0.15, 0.2) is 48.0 Å². The first-order valence-corrected chi connectivity index (χ1v) is 13.2. The van der Waals surface area contributed by atoms with Crippen molar-refractivity contribution in [2.24, 2.45) is 0 Å². The zero-order chi connectivity index (χ0) is 27.4. The van der Waals surface area contributed by atoms with Crippen LogP contribution in [0.2, 0.25) is 0 Å². The van der Waals surface area contributed by atoms with E-state index in [1.54, 1.807) is 23.1 Å². The molecule has 0 saturated carbocycles. The van der Waals surface area contributed by atoms with Gasteiger partial charge in [0, 0.05) is 18.5 Å². The van der Waals surface area contributed by atoms with Crippen LogP contribution in [0.5, 0.6) is 11.5 Å². The van der Waals surface area contributed by atoms with Gasteiger partial charge in [0.2, 0.25) is 5.78 Å². The number of morpholine rings is 1. The summed E-state index contributed by atoms with van der Waals surface area (Å²) in [5.74, 6) is -0.990. The minimum absolute atomic E-state index is 0.0237. The molecule has 2 heterocycles. The van der Waals surface area contributed by atoms with E-state index in [2.05, 4.69) is 20.8 Å². The van der Waals surface area contributed by atoms with Crippen LogP contribution in [0, 0.1) is 0 Å². The smallest absolute Gasteiger partial charge is 0.295 e. The summed E-state index contributed by atoms with van der Waals surface area (Å²) >= 11 is 0. The molecule has 4 rings (SSSR count). The van der Waals surface area contributed by atoms with E-state index < -0.39 is 23.5 Å². The van der Waals surface area contributed by atoms with E-state index in [1.807, 2.05) is 24.3 Å². The van der Waals surface area contributed by atoms with Gasteiger partial charge in [-0.15, -0.1) is 0 Å². The Morgan fingerprint density at radius 2 is 1.68 bits per heavy atom. The van der Waals surface area contributed by atoms with Gasteiger partial charge in [-0.25, -0.2) is 0 Å². The van der Waals surface area contributed by atoms with Crippen LogP contribution in [0.1, 0.15) is 49.9 Å². The highest BCUT2D eigenvalue weighted by molar-refractivity contribution is 6.46. The van der Waals surface area contributed by atoms with Crippen LogP contribution >= 0.6 is 0 Å². The molecule has 0 bridgehead atoms. The predicted octanol–water partition coefficient (Wildman–Crippen LogP) is 1.53. The molecule has 204 valence electrons. The van der Waals surface area contributed by atoms with Crippen molar-refractivity contribution in [1.82, 2.24) is 4.90 Å². The highest BCUT2D eigenvalue weighted by Crippen LogP contribution is 2.40. The van der Waals surface area contributed by atoms with Crippen molar-refractivity contribution in [3.63, 3.8) is 0 Å². The number of benzene rings is 2. The molecule has 2 aliphatic heterocycles. The largest absolute Gasteiger partial charge is 0.872 e. The minimum atomic E-state index is -0.746. The molecule has 1 unspecified atom stereocenters. The second kappa shape index (κ2) is 11.6. The maximum absolute atomic E-state index is 13.8. The number of methoxy groups -OCH3 is 2. The van der Waals surface area contributed by atoms with E-state index in [1.165, 1.54) is 19.1 Å². The number of ketones is 1. The summed E-state index contributed by atoms with van der Waals surface area (Å²) in [6, 6.07) is 11.9. The number of carbonyl (C=O) groups excluding carboxylic acids is 2. The van der Waals surface area contributed by atoms with Gasteiger partial charge in [0.15, 0.2) is 11.5 Å². The molecule has 0 spiro atoms. The lowest BCUT2D eigenvalue weighted by molar-refractivity contribution is -0.908. The molecule has 2 saturated heterocycles. The lowest BCUT2D eigenvalue weighted by Crippen LogP contribution is -3.14. The van der Waals surface area contributed by atoms with Crippen LogP contribution in [0.4, 0.5) is 0 Å². The van der Waals surface area contributed by atoms with Crippen molar-refractivity contribution in [2.45, 2.75) is 38.6 Å². The number of hydrogen-bond acceptors (Lipinski definition) is 6. The number of nitrogens with zero attached hydrogens (tertiary/aromatic N) is 1. The van der Waals surface area contributed by atoms with Crippen LogP contribution in [-0.4, -0.2) is 70.2 Å². The van der Waals surface area contributed by atoms with E-state index >= 15 is 0 Å². The zero-order valence-corrected chi connectivity index (χ0v) is 23.0. The number of likely N-dealkylation sites (tertiary alicyclic amines) is 1. The van der Waals surface area contributed by atoms with Crippen molar-refractivity contribution in [3.8, 4) is 11.5 Å². The third kappa shape index (κ3) is 5.71. The Kier molecular flexibility index (Phi) is 8.43. The zero-order valence-electron chi connectivity index (χ0n) is 23.0. The Hall–Kier alpha value is -3.36. The van der Waals surface area contributed by atoms with Gasteiger partial charge in [0.25, 0.3) is 5.91 Å². The summed E-state index contributed by atoms with van der Waals surface area (Å²) in [6.45, 7) is 11.0. The first-order valence-electron chi connectivity index (χ1n) is 13.2. The number of rotatable bonds is 8. The highest BCUT2D eigenvalue weighted by atomic mass is 16.5. The predicted molar refractivity (Wildman–Crippen MR) is 142 cm³/mol. The minimum Gasteiger partial charge on any atom is -0.872 e. The molecule has 2 aromatic carbocycles. The Bertz CT molecular complexity index is 1190. The summed E-state index contributed by atoms with van der Waals surface area (Å²) < 4.78 is 16.1. The lowest BCUT2D eigenvalue weighted by Gasteiger charge is -2.29. The normalized spacial score (nSPS) is 20.1. The van der Waals surface area contributed by atoms with Crippen molar-refractivity contribution >= 4 is 17.4 Å². The van der Waals surface area contributed by atoms with Crippen LogP contribution < -0.4 is 19.5 Å². The van der Waals surface area contributed by atoms with E-state index in [-0.39, 0.29) is 16.6 Å². The average Bonchev–Trinajstić information content (AvgIpc) is 3.17. The lowest BCUT2D eigenvalue weighted by atomic mass is 9.85. The van der Waals surface area contributed by atoms with Crippen molar-refractivity contribution in [1.29, 1.82) is 0 Å². The molecule has 38 heavy (non-hydrogen) atoms. The van der Waals surface area contributed by atoms with E-state index in [0.29, 0.717) is 18.0 Å². The Morgan fingerprint density at radius 1 is 1.03 bits per heavy atom. The number of hydrogen-bond donors (Lipinski definition) is 1. The van der Waals surface area contributed by atoms with Crippen LogP contribution in [0.25, 0.3) is 5.76 Å². The SMILES string of the molecule is COc1ccc(/C([O-])=C2\C(=O)C(=O)N(CCC[NH+]3CCOCC3)C2c2ccc(C(C)(C)C)cc2)cc1OC. The Balaban J connectivity index is 1.72. The molecular formula is C30H38N2O6. The maximum atomic E-state index is 13.8. The van der Waals surface area contributed by atoms with Gasteiger partial charge in [-0.05, 0) is 34.2 Å². The second-order valence-electron chi connectivity index (χ2n) is 10.9. The van der Waals surface area contributed by atoms with Crippen molar-refractivity contribution < 1.29 is 33.8 Å². The van der Waals surface area contributed by atoms with Crippen LogP contribution in [-0.2, 0) is 19.7 Å². The van der Waals surface area contributed by atoms with E-state index in [0.717, 1.165) is 50.4 Å². The maximum Gasteiger partial charge on any atom is 0.295 e. The highest BCUT2D eigenvalue weighted by Gasteiger charge is 2.44. The number of carbonyl (C=O) groups is 2. The molecule has 2 fully saturated rings. The summed E-state index contributed by atoms with van der Waals surface area (Å²) in [5.41, 5.74) is 2.08. The molecule has 0 radical (unpaired) electrons. The fourth-order valence-corrected chi connectivity index (χ4v) is 5.16. The number of amides is 1. The standard InChI is InChI=1S/C30H38N2O6/c1-30(2,3)22-10-7-20(8-11-22)26-25(27(33)21-9-12-23(36-4)24(19-21)37-5)28(34)29(35)32(26)14-6-13-31-15-17-38-18-16-31/h7-12,19,26,33H,6,13-18H2,1-5H3/b27-25+. The van der Waals surface area contributed by atoms with Crippen molar-refractivity contribution in [3.05, 3.63) is 64.7 Å². The number of Topliss-reactive ketones (excluding diaryl/α,β-unsaturated/α-hetero) is 1.